The Hall–Kier alpha value is -2.69. The first-order valence-corrected chi connectivity index (χ1v) is 9.66. The number of nitrogens with zero attached hydrogens (tertiary/aromatic N) is 3. The van der Waals surface area contributed by atoms with Gasteiger partial charge in [-0.1, -0.05) is 31.9 Å². The monoisotopic (exact) mass is 365 g/mol. The van der Waals surface area contributed by atoms with Gasteiger partial charge in [-0.3, -0.25) is 0 Å². The van der Waals surface area contributed by atoms with Crippen LogP contribution in [0.5, 0.6) is 5.75 Å². The van der Waals surface area contributed by atoms with Crippen LogP contribution >= 0.6 is 0 Å². The van der Waals surface area contributed by atoms with Gasteiger partial charge < -0.3 is 10.0 Å². The Morgan fingerprint density at radius 3 is 2.63 bits per heavy atom. The molecule has 3 aromatic rings. The number of para-hydroxylation sites is 1. The van der Waals surface area contributed by atoms with Crippen LogP contribution in [-0.4, -0.2) is 28.2 Å². The van der Waals surface area contributed by atoms with Gasteiger partial charge in [0.05, 0.1) is 11.1 Å². The normalized spacial score (nSPS) is 15.4. The molecule has 0 saturated carbocycles. The van der Waals surface area contributed by atoms with Crippen LogP contribution in [0.2, 0.25) is 0 Å². The van der Waals surface area contributed by atoms with Gasteiger partial charge >= 0.3 is 0 Å². The van der Waals surface area contributed by atoms with E-state index >= 15 is 0 Å². The molecule has 5 heteroatoms. The summed E-state index contributed by atoms with van der Waals surface area (Å²) >= 11 is 0. The van der Waals surface area contributed by atoms with E-state index in [0.717, 1.165) is 43.1 Å². The lowest BCUT2D eigenvalue weighted by atomic mass is 9.92. The van der Waals surface area contributed by atoms with E-state index in [0.29, 0.717) is 16.9 Å². The van der Waals surface area contributed by atoms with Crippen LogP contribution in [0.25, 0.3) is 22.3 Å². The number of piperidine rings is 1. The summed E-state index contributed by atoms with van der Waals surface area (Å²) < 4.78 is 13.9. The molecule has 0 atom stereocenters. The topological polar surface area (TPSA) is 49.2 Å². The Morgan fingerprint density at radius 1 is 1.11 bits per heavy atom. The number of fused-ring (bicyclic) bond motifs is 1. The van der Waals surface area contributed by atoms with Crippen molar-refractivity contribution in [3.05, 3.63) is 48.3 Å². The maximum Gasteiger partial charge on any atom is 0.165 e. The lowest BCUT2D eigenvalue weighted by Gasteiger charge is -2.33. The van der Waals surface area contributed by atoms with Crippen LogP contribution in [0.3, 0.4) is 0 Å². The molecule has 1 saturated heterocycles. The SMILES string of the molecule is CCCC1CCN(c2nc(-c3ccccc3O)nc3ccc(F)cc23)CC1. The van der Waals surface area contributed by atoms with Gasteiger partial charge in [0.15, 0.2) is 5.82 Å². The largest absolute Gasteiger partial charge is 0.507 e. The van der Waals surface area contributed by atoms with Crippen LogP contribution in [0, 0.1) is 11.7 Å². The van der Waals surface area contributed by atoms with Crippen molar-refractivity contribution in [2.75, 3.05) is 18.0 Å². The first-order chi connectivity index (χ1) is 13.2. The third-order valence-electron chi connectivity index (χ3n) is 5.39. The molecular formula is C22H24FN3O. The lowest BCUT2D eigenvalue weighted by Crippen LogP contribution is -2.34. The molecule has 2 heterocycles. The average Bonchev–Trinajstić information content (AvgIpc) is 2.68. The Morgan fingerprint density at radius 2 is 1.89 bits per heavy atom. The number of phenols is 1. The minimum atomic E-state index is -0.288. The average molecular weight is 365 g/mol. The molecule has 1 aliphatic rings. The summed E-state index contributed by atoms with van der Waals surface area (Å²) in [5.41, 5.74) is 1.28. The summed E-state index contributed by atoms with van der Waals surface area (Å²) in [5.74, 6) is 1.84. The fraction of sp³-hybridized carbons (Fsp3) is 0.364. The van der Waals surface area contributed by atoms with E-state index < -0.39 is 0 Å². The van der Waals surface area contributed by atoms with Gasteiger partial charge in [-0.15, -0.1) is 0 Å². The second kappa shape index (κ2) is 7.51. The number of aromatic nitrogens is 2. The second-order valence-electron chi connectivity index (χ2n) is 7.27. The maximum absolute atomic E-state index is 13.9. The summed E-state index contributed by atoms with van der Waals surface area (Å²) in [7, 11) is 0. The molecular weight excluding hydrogens is 341 g/mol. The van der Waals surface area contributed by atoms with Crippen LogP contribution in [0.1, 0.15) is 32.6 Å². The van der Waals surface area contributed by atoms with Crippen molar-refractivity contribution >= 4 is 16.7 Å². The van der Waals surface area contributed by atoms with Gasteiger partial charge in [0.1, 0.15) is 17.4 Å². The van der Waals surface area contributed by atoms with Crippen molar-refractivity contribution in [1.82, 2.24) is 9.97 Å². The van der Waals surface area contributed by atoms with Gasteiger partial charge in [0.25, 0.3) is 0 Å². The van der Waals surface area contributed by atoms with Crippen LogP contribution in [0.4, 0.5) is 10.2 Å². The molecule has 1 fully saturated rings. The standard InChI is InChI=1S/C22H24FN3O/c1-2-5-15-10-12-26(13-11-15)22-18-14-16(23)8-9-19(18)24-21(25-22)17-6-3-4-7-20(17)27/h3-4,6-9,14-15,27H,2,5,10-13H2,1H3. The van der Waals surface area contributed by atoms with Crippen molar-refractivity contribution in [2.45, 2.75) is 32.6 Å². The van der Waals surface area contributed by atoms with E-state index in [4.69, 9.17) is 4.98 Å². The number of anilines is 1. The molecule has 1 aliphatic heterocycles. The minimum absolute atomic E-state index is 0.145. The number of phenolic OH excluding ortho intramolecular Hbond substituents is 1. The maximum atomic E-state index is 13.9. The minimum Gasteiger partial charge on any atom is -0.507 e. The van der Waals surface area contributed by atoms with Gasteiger partial charge in [-0.25, -0.2) is 14.4 Å². The van der Waals surface area contributed by atoms with E-state index in [1.165, 1.54) is 25.0 Å². The molecule has 0 amide bonds. The van der Waals surface area contributed by atoms with Gasteiger partial charge in [0.2, 0.25) is 0 Å². The number of hydrogen-bond donors (Lipinski definition) is 1. The molecule has 4 rings (SSSR count). The quantitative estimate of drug-likeness (QED) is 0.694. The third-order valence-corrected chi connectivity index (χ3v) is 5.39. The molecule has 0 aliphatic carbocycles. The zero-order valence-electron chi connectivity index (χ0n) is 15.5. The van der Waals surface area contributed by atoms with Crippen molar-refractivity contribution < 1.29 is 9.50 Å². The third kappa shape index (κ3) is 3.59. The molecule has 0 unspecified atom stereocenters. The molecule has 4 nitrogen and oxygen atoms in total. The molecule has 0 spiro atoms. The molecule has 0 bridgehead atoms. The Bertz CT molecular complexity index is 951. The van der Waals surface area contributed by atoms with E-state index in [1.54, 1.807) is 24.3 Å². The predicted octanol–water partition coefficient (Wildman–Crippen LogP) is 5.16. The van der Waals surface area contributed by atoms with Crippen molar-refractivity contribution in [2.24, 2.45) is 5.92 Å². The first-order valence-electron chi connectivity index (χ1n) is 9.66. The summed E-state index contributed by atoms with van der Waals surface area (Å²) in [4.78, 5) is 11.6. The number of hydrogen-bond acceptors (Lipinski definition) is 4. The molecule has 1 N–H and O–H groups in total. The summed E-state index contributed by atoms with van der Waals surface area (Å²) in [6.45, 7) is 4.05. The summed E-state index contributed by atoms with van der Waals surface area (Å²) in [6.07, 6.45) is 4.72. The number of benzene rings is 2. The van der Waals surface area contributed by atoms with Crippen LogP contribution in [0.15, 0.2) is 42.5 Å². The highest BCUT2D eigenvalue weighted by molar-refractivity contribution is 5.91. The summed E-state index contributed by atoms with van der Waals surface area (Å²) in [6, 6.07) is 11.7. The molecule has 0 radical (unpaired) electrons. The highest BCUT2D eigenvalue weighted by Gasteiger charge is 2.23. The highest BCUT2D eigenvalue weighted by atomic mass is 19.1. The zero-order chi connectivity index (χ0) is 18.8. The van der Waals surface area contributed by atoms with E-state index in [1.807, 2.05) is 6.07 Å². The number of rotatable bonds is 4. The smallest absolute Gasteiger partial charge is 0.165 e. The van der Waals surface area contributed by atoms with Gasteiger partial charge in [0, 0.05) is 18.5 Å². The van der Waals surface area contributed by atoms with E-state index in [9.17, 15) is 9.50 Å². The molecule has 2 aromatic carbocycles. The molecule has 27 heavy (non-hydrogen) atoms. The van der Waals surface area contributed by atoms with Crippen molar-refractivity contribution in [3.8, 4) is 17.1 Å². The fourth-order valence-electron chi connectivity index (χ4n) is 3.95. The number of halogens is 1. The zero-order valence-corrected chi connectivity index (χ0v) is 15.5. The summed E-state index contributed by atoms with van der Waals surface area (Å²) in [5, 5.41) is 10.9. The van der Waals surface area contributed by atoms with Crippen molar-refractivity contribution in [3.63, 3.8) is 0 Å². The Balaban J connectivity index is 1.78. The second-order valence-corrected chi connectivity index (χ2v) is 7.27. The van der Waals surface area contributed by atoms with Gasteiger partial charge in [-0.2, -0.15) is 0 Å². The predicted molar refractivity (Wildman–Crippen MR) is 106 cm³/mol. The molecule has 140 valence electrons. The Kier molecular flexibility index (Phi) is 4.92. The van der Waals surface area contributed by atoms with E-state index in [2.05, 4.69) is 16.8 Å². The number of aromatic hydroxyl groups is 1. The van der Waals surface area contributed by atoms with E-state index in [-0.39, 0.29) is 11.6 Å². The Labute approximate surface area is 158 Å². The highest BCUT2D eigenvalue weighted by Crippen LogP contribution is 2.34. The lowest BCUT2D eigenvalue weighted by molar-refractivity contribution is 0.377. The fourth-order valence-corrected chi connectivity index (χ4v) is 3.95. The van der Waals surface area contributed by atoms with Crippen LogP contribution < -0.4 is 4.90 Å². The molecule has 1 aromatic heterocycles. The van der Waals surface area contributed by atoms with Crippen molar-refractivity contribution in [1.29, 1.82) is 0 Å². The van der Waals surface area contributed by atoms with Crippen LogP contribution in [-0.2, 0) is 0 Å². The first kappa shape index (κ1) is 17.7. The van der Waals surface area contributed by atoms with Gasteiger partial charge in [-0.05, 0) is 49.1 Å².